The fraction of sp³-hybridized carbons (Fsp3) is 0.333. The molecule has 0 unspecified atom stereocenters. The van der Waals surface area contributed by atoms with E-state index in [1.165, 1.54) is 12.1 Å². The molecule has 7 heteroatoms. The Labute approximate surface area is 205 Å². The molecule has 34 heavy (non-hydrogen) atoms. The minimum atomic E-state index is -0.288. The molecule has 1 saturated heterocycles. The monoisotopic (exact) mass is 479 g/mol. The third-order valence-electron chi connectivity index (χ3n) is 5.84. The van der Waals surface area contributed by atoms with Gasteiger partial charge in [-0.15, -0.1) is 0 Å². The van der Waals surface area contributed by atoms with Crippen LogP contribution in [0.3, 0.4) is 0 Å². The first-order valence-corrected chi connectivity index (χ1v) is 12.0. The third-order valence-corrected chi connectivity index (χ3v) is 6.20. The molecule has 0 aliphatic carbocycles. The number of amides is 1. The summed E-state index contributed by atoms with van der Waals surface area (Å²) in [6, 6.07) is 19.9. The van der Waals surface area contributed by atoms with Gasteiger partial charge in [-0.2, -0.15) is 0 Å². The van der Waals surface area contributed by atoms with Crippen LogP contribution in [0.1, 0.15) is 24.2 Å². The van der Waals surface area contributed by atoms with Crippen molar-refractivity contribution in [3.63, 3.8) is 0 Å². The number of carbonyl (C=O) groups excluding carboxylic acids is 1. The highest BCUT2D eigenvalue weighted by Gasteiger charge is 2.27. The van der Waals surface area contributed by atoms with Crippen LogP contribution in [0.2, 0.25) is 0 Å². The van der Waals surface area contributed by atoms with Gasteiger partial charge in [0, 0.05) is 37.4 Å². The summed E-state index contributed by atoms with van der Waals surface area (Å²) in [6.45, 7) is 7.09. The van der Waals surface area contributed by atoms with Crippen molar-refractivity contribution in [3.8, 4) is 0 Å². The molecule has 4 rings (SSSR count). The highest BCUT2D eigenvalue weighted by atomic mass is 32.1. The van der Waals surface area contributed by atoms with Gasteiger partial charge < -0.3 is 19.9 Å². The summed E-state index contributed by atoms with van der Waals surface area (Å²) in [6.07, 6.45) is -0.167. The Bertz CT molecular complexity index is 1150. The van der Waals surface area contributed by atoms with Gasteiger partial charge >= 0.3 is 0 Å². The maximum Gasteiger partial charge on any atom is 0.254 e. The van der Waals surface area contributed by atoms with Crippen molar-refractivity contribution in [3.05, 3.63) is 78.1 Å². The van der Waals surface area contributed by atoms with Crippen LogP contribution in [-0.4, -0.2) is 59.7 Å². The zero-order valence-corrected chi connectivity index (χ0v) is 20.4. The Kier molecular flexibility index (Phi) is 7.75. The lowest BCUT2D eigenvalue weighted by Gasteiger charge is -2.37. The molecule has 0 radical (unpaired) electrons. The minimum Gasteiger partial charge on any atom is -0.373 e. The van der Waals surface area contributed by atoms with Crippen LogP contribution in [0.15, 0.2) is 66.7 Å². The third kappa shape index (κ3) is 5.90. The molecule has 1 amide bonds. The first-order valence-electron chi connectivity index (χ1n) is 11.6. The number of thiocarbonyl (C=S) groups is 1. The van der Waals surface area contributed by atoms with Gasteiger partial charge in [0.25, 0.3) is 5.91 Å². The van der Waals surface area contributed by atoms with E-state index in [0.717, 1.165) is 16.5 Å². The lowest BCUT2D eigenvalue weighted by Crippen LogP contribution is -2.52. The van der Waals surface area contributed by atoms with Crippen molar-refractivity contribution in [2.45, 2.75) is 20.0 Å². The zero-order valence-electron chi connectivity index (χ0n) is 19.5. The van der Waals surface area contributed by atoms with E-state index in [2.05, 4.69) is 19.2 Å². The van der Waals surface area contributed by atoms with Crippen molar-refractivity contribution in [1.29, 1.82) is 0 Å². The summed E-state index contributed by atoms with van der Waals surface area (Å²) < 4.78 is 19.2. The number of hydrogen-bond acceptors (Lipinski definition) is 3. The Morgan fingerprint density at radius 3 is 2.65 bits per heavy atom. The van der Waals surface area contributed by atoms with Crippen LogP contribution in [0.4, 0.5) is 10.1 Å². The summed E-state index contributed by atoms with van der Waals surface area (Å²) in [5.41, 5.74) is 1.45. The van der Waals surface area contributed by atoms with E-state index in [1.807, 2.05) is 52.3 Å². The van der Waals surface area contributed by atoms with E-state index >= 15 is 0 Å². The van der Waals surface area contributed by atoms with Crippen molar-refractivity contribution in [2.24, 2.45) is 5.92 Å². The largest absolute Gasteiger partial charge is 0.373 e. The van der Waals surface area contributed by atoms with E-state index in [0.29, 0.717) is 49.4 Å². The highest BCUT2D eigenvalue weighted by molar-refractivity contribution is 7.80. The zero-order chi connectivity index (χ0) is 24.1. The van der Waals surface area contributed by atoms with Crippen LogP contribution in [0.25, 0.3) is 10.8 Å². The average Bonchev–Trinajstić information content (AvgIpc) is 2.84. The number of benzene rings is 3. The predicted octanol–water partition coefficient (Wildman–Crippen LogP) is 5.17. The van der Waals surface area contributed by atoms with E-state index in [-0.39, 0.29) is 17.8 Å². The van der Waals surface area contributed by atoms with Gasteiger partial charge in [-0.05, 0) is 59.2 Å². The second-order valence-electron chi connectivity index (χ2n) is 9.01. The number of halogens is 1. The van der Waals surface area contributed by atoms with Crippen molar-refractivity contribution >= 4 is 39.7 Å². The number of carbonyl (C=O) groups is 1. The first-order chi connectivity index (χ1) is 16.4. The molecule has 0 spiro atoms. The van der Waals surface area contributed by atoms with Gasteiger partial charge in [0.15, 0.2) is 5.11 Å². The predicted molar refractivity (Wildman–Crippen MR) is 139 cm³/mol. The molecule has 1 atom stereocenters. The van der Waals surface area contributed by atoms with E-state index in [9.17, 15) is 9.18 Å². The topological polar surface area (TPSA) is 44.8 Å². The lowest BCUT2D eigenvalue weighted by atomic mass is 10.0. The number of morpholine rings is 1. The van der Waals surface area contributed by atoms with Gasteiger partial charge in [-0.25, -0.2) is 4.39 Å². The van der Waals surface area contributed by atoms with Crippen molar-refractivity contribution in [2.75, 3.05) is 38.1 Å². The second-order valence-corrected chi connectivity index (χ2v) is 9.39. The quantitative estimate of drug-likeness (QED) is 0.494. The number of rotatable bonds is 6. The van der Waals surface area contributed by atoms with E-state index in [1.54, 1.807) is 12.1 Å². The molecule has 1 N–H and O–H groups in total. The first kappa shape index (κ1) is 24.1. The number of nitrogens with zero attached hydrogens (tertiary/aromatic N) is 2. The van der Waals surface area contributed by atoms with Crippen LogP contribution in [-0.2, 0) is 4.74 Å². The van der Waals surface area contributed by atoms with E-state index in [4.69, 9.17) is 17.0 Å². The number of ether oxygens (including phenoxy) is 1. The molecule has 1 heterocycles. The van der Waals surface area contributed by atoms with Gasteiger partial charge in [0.05, 0.1) is 12.7 Å². The Hall–Kier alpha value is -3.03. The molecule has 3 aromatic rings. The number of fused-ring (bicyclic) bond motifs is 1. The molecule has 1 fully saturated rings. The molecule has 1 aliphatic heterocycles. The summed E-state index contributed by atoms with van der Waals surface area (Å²) in [4.78, 5) is 17.6. The lowest BCUT2D eigenvalue weighted by molar-refractivity contribution is -0.0215. The van der Waals surface area contributed by atoms with Crippen LogP contribution in [0, 0.1) is 11.7 Å². The fourth-order valence-electron chi connectivity index (χ4n) is 4.26. The van der Waals surface area contributed by atoms with Crippen LogP contribution in [0.5, 0.6) is 0 Å². The summed E-state index contributed by atoms with van der Waals surface area (Å²) in [5, 5.41) is 5.74. The van der Waals surface area contributed by atoms with Gasteiger partial charge in [-0.1, -0.05) is 50.2 Å². The number of hydrogen-bond donors (Lipinski definition) is 1. The molecule has 1 aliphatic rings. The van der Waals surface area contributed by atoms with Crippen LogP contribution < -0.4 is 5.32 Å². The molecule has 0 bridgehead atoms. The molecular weight excluding hydrogens is 449 g/mol. The SMILES string of the molecule is CC(C)CN(C[C@H]1CN(C(=S)Nc2ccc(F)cc2)CCO1)C(=O)c1cccc2ccccc12. The average molecular weight is 480 g/mol. The molecule has 178 valence electrons. The fourth-order valence-corrected chi connectivity index (χ4v) is 4.54. The normalized spacial score (nSPS) is 16.0. The van der Waals surface area contributed by atoms with Crippen molar-refractivity contribution in [1.82, 2.24) is 9.80 Å². The number of anilines is 1. The van der Waals surface area contributed by atoms with Gasteiger partial charge in [0.1, 0.15) is 5.82 Å². The Balaban J connectivity index is 1.46. The molecule has 3 aromatic carbocycles. The Morgan fingerprint density at radius 1 is 1.15 bits per heavy atom. The minimum absolute atomic E-state index is 0.0123. The summed E-state index contributed by atoms with van der Waals surface area (Å²) in [5.74, 6) is 0.0436. The summed E-state index contributed by atoms with van der Waals surface area (Å²) >= 11 is 5.59. The summed E-state index contributed by atoms with van der Waals surface area (Å²) in [7, 11) is 0. The molecule has 0 saturated carbocycles. The number of nitrogens with one attached hydrogen (secondary N) is 1. The highest BCUT2D eigenvalue weighted by Crippen LogP contribution is 2.21. The van der Waals surface area contributed by atoms with E-state index < -0.39 is 0 Å². The standard InChI is InChI=1S/C27H30FN3O2S/c1-19(2)16-31(26(32)25-9-5-7-20-6-3-4-8-24(20)25)18-23-17-30(14-15-33-23)27(34)29-22-12-10-21(28)11-13-22/h3-13,19,23H,14-18H2,1-2H3,(H,29,34)/t23-/m1/s1. The van der Waals surface area contributed by atoms with Gasteiger partial charge in [-0.3, -0.25) is 4.79 Å². The van der Waals surface area contributed by atoms with Crippen molar-refractivity contribution < 1.29 is 13.9 Å². The maximum absolute atomic E-state index is 13.6. The Morgan fingerprint density at radius 2 is 1.88 bits per heavy atom. The second kappa shape index (κ2) is 10.9. The molecule has 5 nitrogen and oxygen atoms in total. The smallest absolute Gasteiger partial charge is 0.254 e. The molecule has 0 aromatic heterocycles. The van der Waals surface area contributed by atoms with Crippen LogP contribution >= 0.6 is 12.2 Å². The van der Waals surface area contributed by atoms with Gasteiger partial charge in [0.2, 0.25) is 0 Å². The molecular formula is C27H30FN3O2S. The maximum atomic E-state index is 13.6.